The summed E-state index contributed by atoms with van der Waals surface area (Å²) in [7, 11) is 0. The van der Waals surface area contributed by atoms with Crippen LogP contribution in [-0.2, 0) is 28.8 Å². The number of primary amides is 1. The summed E-state index contributed by atoms with van der Waals surface area (Å²) in [6.07, 6.45) is 1.88. The first-order chi connectivity index (χ1) is 17.8. The Morgan fingerprint density at radius 1 is 0.947 bits per heavy atom. The average molecular weight is 542 g/mol. The predicted molar refractivity (Wildman–Crippen MR) is 138 cm³/mol. The number of nitrogens with two attached hydrogens (primary N) is 3. The molecular weight excluding hydrogens is 498 g/mol. The van der Waals surface area contributed by atoms with Crippen molar-refractivity contribution >= 4 is 35.5 Å². The number of nitrogens with one attached hydrogen (secondary N) is 3. The first kappa shape index (κ1) is 32.8. The zero-order valence-electron chi connectivity index (χ0n) is 22.4. The smallest absolute Gasteiger partial charge is 0.326 e. The van der Waals surface area contributed by atoms with E-state index in [1.165, 1.54) is 11.8 Å². The van der Waals surface area contributed by atoms with Crippen molar-refractivity contribution in [2.45, 2.75) is 95.9 Å². The summed E-state index contributed by atoms with van der Waals surface area (Å²) >= 11 is 0. The Labute approximate surface area is 222 Å². The van der Waals surface area contributed by atoms with Crippen LogP contribution in [0.15, 0.2) is 0 Å². The van der Waals surface area contributed by atoms with Gasteiger partial charge in [-0.05, 0) is 57.9 Å². The minimum atomic E-state index is -1.53. The third-order valence-corrected chi connectivity index (χ3v) is 6.17. The average Bonchev–Trinajstić information content (AvgIpc) is 3.31. The van der Waals surface area contributed by atoms with E-state index in [0.717, 1.165) is 0 Å². The first-order valence-corrected chi connectivity index (χ1v) is 13.0. The highest BCUT2D eigenvalue weighted by Crippen LogP contribution is 2.20. The second-order valence-electron chi connectivity index (χ2n) is 10.1. The number of carboxylic acids is 1. The van der Waals surface area contributed by atoms with Gasteiger partial charge in [-0.25, -0.2) is 4.79 Å². The zero-order valence-corrected chi connectivity index (χ0v) is 22.4. The molecule has 0 aromatic carbocycles. The summed E-state index contributed by atoms with van der Waals surface area (Å²) in [5, 5.41) is 16.9. The Balaban J connectivity index is 3.09. The van der Waals surface area contributed by atoms with Gasteiger partial charge in [0.25, 0.3) is 0 Å². The van der Waals surface area contributed by atoms with Crippen LogP contribution < -0.4 is 33.2 Å². The van der Waals surface area contributed by atoms with Crippen molar-refractivity contribution in [3.63, 3.8) is 0 Å². The number of nitrogens with zero attached hydrogens (tertiary/aromatic N) is 1. The summed E-state index contributed by atoms with van der Waals surface area (Å²) in [5.74, 6) is -4.55. The molecule has 0 aromatic heterocycles. The Morgan fingerprint density at radius 3 is 2.11 bits per heavy atom. The molecule has 1 fully saturated rings. The predicted octanol–water partition coefficient (Wildman–Crippen LogP) is -2.09. The van der Waals surface area contributed by atoms with Gasteiger partial charge in [-0.3, -0.25) is 24.0 Å². The van der Waals surface area contributed by atoms with Gasteiger partial charge in [0, 0.05) is 6.54 Å². The molecule has 0 unspecified atom stereocenters. The number of carboxylic acid groups (broad SMARTS) is 1. The molecule has 1 heterocycles. The van der Waals surface area contributed by atoms with Gasteiger partial charge >= 0.3 is 5.97 Å². The van der Waals surface area contributed by atoms with Crippen molar-refractivity contribution in [1.29, 1.82) is 0 Å². The molecule has 5 atom stereocenters. The molecule has 38 heavy (non-hydrogen) atoms. The van der Waals surface area contributed by atoms with Gasteiger partial charge < -0.3 is 43.2 Å². The van der Waals surface area contributed by atoms with Gasteiger partial charge in [0.05, 0.1) is 12.5 Å². The molecule has 14 heteroatoms. The quantitative estimate of drug-likeness (QED) is 0.106. The molecule has 216 valence electrons. The van der Waals surface area contributed by atoms with Crippen LogP contribution in [0.5, 0.6) is 0 Å². The van der Waals surface area contributed by atoms with E-state index in [-0.39, 0.29) is 25.3 Å². The number of carbonyl (C=O) groups excluding carboxylic acids is 5. The van der Waals surface area contributed by atoms with Crippen LogP contribution >= 0.6 is 0 Å². The molecule has 5 amide bonds. The van der Waals surface area contributed by atoms with Gasteiger partial charge in [0.2, 0.25) is 29.5 Å². The van der Waals surface area contributed by atoms with E-state index in [2.05, 4.69) is 16.0 Å². The van der Waals surface area contributed by atoms with Crippen molar-refractivity contribution in [1.82, 2.24) is 20.9 Å². The van der Waals surface area contributed by atoms with Crippen molar-refractivity contribution < 1.29 is 33.9 Å². The standard InChI is InChI=1S/C24H43N7O7/c1-13(2)11-16(29-20(33)14(3)26)21(34)28-15(7-4-5-9-25)23(36)31-10-6-8-18(31)22(35)30-17(24(37)38)12-19(27)32/h13-18H,4-12,25-26H2,1-3H3,(H2,27,32)(H,28,34)(H,29,33)(H,30,35)(H,37,38)/t14-,15-,16-,17-,18-/m0/s1. The molecular formula is C24H43N7O7. The fraction of sp³-hybridized carbons (Fsp3) is 0.750. The highest BCUT2D eigenvalue weighted by Gasteiger charge is 2.39. The number of amides is 5. The lowest BCUT2D eigenvalue weighted by molar-refractivity contribution is -0.146. The van der Waals surface area contributed by atoms with E-state index in [1.54, 1.807) is 0 Å². The molecule has 0 saturated carbocycles. The zero-order chi connectivity index (χ0) is 29.0. The summed E-state index contributed by atoms with van der Waals surface area (Å²) in [6, 6.07) is -5.24. The Bertz CT molecular complexity index is 865. The largest absolute Gasteiger partial charge is 0.480 e. The molecule has 14 nitrogen and oxygen atoms in total. The lowest BCUT2D eigenvalue weighted by Crippen LogP contribution is -2.58. The number of likely N-dealkylation sites (tertiary alicyclic amines) is 1. The van der Waals surface area contributed by atoms with Gasteiger partial charge in [0.15, 0.2) is 0 Å². The maximum Gasteiger partial charge on any atom is 0.326 e. The molecule has 1 rings (SSSR count). The summed E-state index contributed by atoms with van der Waals surface area (Å²) < 4.78 is 0. The molecule has 1 aliphatic heterocycles. The van der Waals surface area contributed by atoms with Crippen LogP contribution in [0.25, 0.3) is 0 Å². The molecule has 0 bridgehead atoms. The first-order valence-electron chi connectivity index (χ1n) is 13.0. The number of carbonyl (C=O) groups is 6. The second kappa shape index (κ2) is 15.9. The lowest BCUT2D eigenvalue weighted by Gasteiger charge is -2.30. The minimum Gasteiger partial charge on any atom is -0.480 e. The lowest BCUT2D eigenvalue weighted by atomic mass is 10.0. The molecule has 0 spiro atoms. The van der Waals surface area contributed by atoms with Crippen LogP contribution in [0, 0.1) is 5.92 Å². The molecule has 10 N–H and O–H groups in total. The topological polar surface area (TPSA) is 240 Å². The van der Waals surface area contributed by atoms with Gasteiger partial charge in [-0.15, -0.1) is 0 Å². The number of hydrogen-bond donors (Lipinski definition) is 7. The molecule has 1 aliphatic rings. The highest BCUT2D eigenvalue weighted by molar-refractivity contribution is 5.96. The van der Waals surface area contributed by atoms with E-state index < -0.39 is 72.1 Å². The monoisotopic (exact) mass is 541 g/mol. The maximum atomic E-state index is 13.6. The minimum absolute atomic E-state index is 0.0553. The van der Waals surface area contributed by atoms with Crippen LogP contribution in [0.1, 0.15) is 65.7 Å². The van der Waals surface area contributed by atoms with Crippen molar-refractivity contribution in [2.75, 3.05) is 13.1 Å². The van der Waals surface area contributed by atoms with E-state index >= 15 is 0 Å². The van der Waals surface area contributed by atoms with E-state index in [4.69, 9.17) is 17.2 Å². The highest BCUT2D eigenvalue weighted by atomic mass is 16.4. The van der Waals surface area contributed by atoms with Gasteiger partial charge in [-0.2, -0.15) is 0 Å². The van der Waals surface area contributed by atoms with Crippen molar-refractivity contribution in [2.24, 2.45) is 23.1 Å². The normalized spacial score (nSPS) is 18.3. The number of rotatable bonds is 16. The molecule has 0 aromatic rings. The summed E-state index contributed by atoms with van der Waals surface area (Å²) in [5.41, 5.74) is 16.3. The Hall–Kier alpha value is -3.26. The Morgan fingerprint density at radius 2 is 1.58 bits per heavy atom. The third-order valence-electron chi connectivity index (χ3n) is 6.17. The van der Waals surface area contributed by atoms with Crippen LogP contribution in [0.2, 0.25) is 0 Å². The summed E-state index contributed by atoms with van der Waals surface area (Å²) in [6.45, 7) is 5.89. The van der Waals surface area contributed by atoms with Gasteiger partial charge in [-0.1, -0.05) is 13.8 Å². The maximum absolute atomic E-state index is 13.6. The van der Waals surface area contributed by atoms with Crippen molar-refractivity contribution in [3.8, 4) is 0 Å². The van der Waals surface area contributed by atoms with E-state index in [1.807, 2.05) is 13.8 Å². The van der Waals surface area contributed by atoms with Crippen LogP contribution in [0.4, 0.5) is 0 Å². The van der Waals surface area contributed by atoms with Gasteiger partial charge in [0.1, 0.15) is 24.2 Å². The molecule has 1 saturated heterocycles. The number of aliphatic carboxylic acids is 1. The number of hydrogen-bond acceptors (Lipinski definition) is 8. The Kier molecular flexibility index (Phi) is 13.7. The fourth-order valence-electron chi connectivity index (χ4n) is 4.20. The molecule has 0 radical (unpaired) electrons. The fourth-order valence-corrected chi connectivity index (χ4v) is 4.20. The van der Waals surface area contributed by atoms with Crippen LogP contribution in [-0.4, -0.2) is 88.8 Å². The van der Waals surface area contributed by atoms with Crippen LogP contribution in [0.3, 0.4) is 0 Å². The number of unbranched alkanes of at least 4 members (excludes halogenated alkanes) is 1. The SMILES string of the molecule is CC(C)C[C@H](NC(=O)[C@H](C)N)C(=O)N[C@@H](CCCCN)C(=O)N1CCC[C@H]1C(=O)N[C@@H](CC(N)=O)C(=O)O. The third kappa shape index (κ3) is 10.6. The summed E-state index contributed by atoms with van der Waals surface area (Å²) in [4.78, 5) is 75.8. The van der Waals surface area contributed by atoms with E-state index in [9.17, 15) is 33.9 Å². The van der Waals surface area contributed by atoms with E-state index in [0.29, 0.717) is 32.2 Å². The second-order valence-corrected chi connectivity index (χ2v) is 10.1. The molecule has 0 aliphatic carbocycles. The van der Waals surface area contributed by atoms with Crippen molar-refractivity contribution in [3.05, 3.63) is 0 Å².